The molecule has 0 spiro atoms. The number of hydrogen-bond acceptors (Lipinski definition) is 5. The zero-order valence-electron chi connectivity index (χ0n) is 9.74. The Morgan fingerprint density at radius 2 is 2.06 bits per heavy atom. The van der Waals surface area contributed by atoms with Gasteiger partial charge in [0, 0.05) is 46.4 Å². The molecule has 7 heteroatoms. The van der Waals surface area contributed by atoms with Crippen LogP contribution in [0.1, 0.15) is 0 Å². The SMILES string of the molecule is COCCNS(=O)(=O)CCN1CCNCC1. The van der Waals surface area contributed by atoms with Gasteiger partial charge in [-0.05, 0) is 0 Å². The van der Waals surface area contributed by atoms with Gasteiger partial charge in [-0.1, -0.05) is 0 Å². The second kappa shape index (κ2) is 7.18. The van der Waals surface area contributed by atoms with E-state index in [1.54, 1.807) is 7.11 Å². The number of piperazine rings is 1. The number of ether oxygens (including phenoxy) is 1. The van der Waals surface area contributed by atoms with Crippen molar-refractivity contribution in [1.82, 2.24) is 14.9 Å². The Kier molecular flexibility index (Phi) is 6.22. The number of nitrogens with zero attached hydrogens (tertiary/aromatic N) is 1. The van der Waals surface area contributed by atoms with E-state index >= 15 is 0 Å². The molecular weight excluding hydrogens is 230 g/mol. The summed E-state index contributed by atoms with van der Waals surface area (Å²) in [6.45, 7) is 5.09. The van der Waals surface area contributed by atoms with Crippen LogP contribution < -0.4 is 10.0 Å². The van der Waals surface area contributed by atoms with Crippen LogP contribution in [0.15, 0.2) is 0 Å². The first-order chi connectivity index (χ1) is 7.64. The highest BCUT2D eigenvalue weighted by Gasteiger charge is 2.14. The van der Waals surface area contributed by atoms with E-state index in [1.807, 2.05) is 0 Å². The predicted octanol–water partition coefficient (Wildman–Crippen LogP) is -1.54. The molecule has 0 aromatic heterocycles. The molecule has 1 fully saturated rings. The van der Waals surface area contributed by atoms with Crippen LogP contribution in [-0.4, -0.2) is 72.1 Å². The second-order valence-electron chi connectivity index (χ2n) is 3.80. The minimum Gasteiger partial charge on any atom is -0.383 e. The lowest BCUT2D eigenvalue weighted by molar-refractivity contribution is 0.204. The normalized spacial score (nSPS) is 18.8. The van der Waals surface area contributed by atoms with Gasteiger partial charge in [-0.25, -0.2) is 13.1 Å². The van der Waals surface area contributed by atoms with Gasteiger partial charge < -0.3 is 10.1 Å². The fourth-order valence-electron chi connectivity index (χ4n) is 1.56. The molecule has 0 bridgehead atoms. The van der Waals surface area contributed by atoms with Gasteiger partial charge in [0.1, 0.15) is 0 Å². The Morgan fingerprint density at radius 1 is 1.38 bits per heavy atom. The molecule has 1 heterocycles. The first-order valence-corrected chi connectivity index (χ1v) is 7.18. The first kappa shape index (κ1) is 13.9. The standard InChI is InChI=1S/C9H21N3O3S/c1-15-8-4-11-16(13,14)9-7-12-5-2-10-3-6-12/h10-11H,2-9H2,1H3. The molecule has 16 heavy (non-hydrogen) atoms. The zero-order chi connectivity index (χ0) is 11.9. The van der Waals surface area contributed by atoms with E-state index in [2.05, 4.69) is 14.9 Å². The zero-order valence-corrected chi connectivity index (χ0v) is 10.6. The molecule has 0 aromatic rings. The summed E-state index contributed by atoms with van der Waals surface area (Å²) in [7, 11) is -1.59. The molecule has 1 aliphatic heterocycles. The highest BCUT2D eigenvalue weighted by Crippen LogP contribution is 1.94. The minimum absolute atomic E-state index is 0.163. The molecule has 96 valence electrons. The highest BCUT2D eigenvalue weighted by molar-refractivity contribution is 7.89. The molecule has 0 atom stereocenters. The monoisotopic (exact) mass is 251 g/mol. The van der Waals surface area contributed by atoms with Gasteiger partial charge in [0.05, 0.1) is 12.4 Å². The summed E-state index contributed by atoms with van der Waals surface area (Å²) >= 11 is 0. The Hall–Kier alpha value is -0.210. The van der Waals surface area contributed by atoms with Gasteiger partial charge in [0.2, 0.25) is 10.0 Å². The van der Waals surface area contributed by atoms with E-state index in [-0.39, 0.29) is 5.75 Å². The summed E-state index contributed by atoms with van der Waals surface area (Å²) in [5, 5.41) is 3.23. The number of hydrogen-bond donors (Lipinski definition) is 2. The number of methoxy groups -OCH3 is 1. The van der Waals surface area contributed by atoms with Crippen molar-refractivity contribution in [1.29, 1.82) is 0 Å². The Balaban J connectivity index is 2.18. The Bertz CT molecular complexity index is 276. The van der Waals surface area contributed by atoms with Gasteiger partial charge in [-0.2, -0.15) is 0 Å². The molecule has 0 amide bonds. The maximum absolute atomic E-state index is 11.5. The molecule has 0 saturated carbocycles. The molecule has 0 aliphatic carbocycles. The minimum atomic E-state index is -3.15. The van der Waals surface area contributed by atoms with E-state index < -0.39 is 10.0 Å². The summed E-state index contributed by atoms with van der Waals surface area (Å²) in [5.74, 6) is 0.163. The van der Waals surface area contributed by atoms with Gasteiger partial charge in [-0.15, -0.1) is 0 Å². The molecule has 1 aliphatic rings. The van der Waals surface area contributed by atoms with Crippen molar-refractivity contribution in [3.63, 3.8) is 0 Å². The van der Waals surface area contributed by atoms with Crippen LogP contribution in [0.4, 0.5) is 0 Å². The molecule has 2 N–H and O–H groups in total. The number of rotatable bonds is 7. The molecule has 6 nitrogen and oxygen atoms in total. The topological polar surface area (TPSA) is 70.7 Å². The van der Waals surface area contributed by atoms with Crippen molar-refractivity contribution in [2.45, 2.75) is 0 Å². The fraction of sp³-hybridized carbons (Fsp3) is 1.00. The van der Waals surface area contributed by atoms with E-state index in [0.717, 1.165) is 26.2 Å². The van der Waals surface area contributed by atoms with Crippen LogP contribution >= 0.6 is 0 Å². The van der Waals surface area contributed by atoms with Gasteiger partial charge in [-0.3, -0.25) is 4.90 Å². The lowest BCUT2D eigenvalue weighted by atomic mass is 10.4. The maximum Gasteiger partial charge on any atom is 0.212 e. The summed E-state index contributed by atoms with van der Waals surface area (Å²) in [6.07, 6.45) is 0. The van der Waals surface area contributed by atoms with Crippen molar-refractivity contribution in [3.8, 4) is 0 Å². The Labute approximate surface area is 97.4 Å². The average Bonchev–Trinajstić information content (AvgIpc) is 2.28. The van der Waals surface area contributed by atoms with Crippen molar-refractivity contribution in [2.24, 2.45) is 0 Å². The first-order valence-electron chi connectivity index (χ1n) is 5.53. The summed E-state index contributed by atoms with van der Waals surface area (Å²) in [6, 6.07) is 0. The maximum atomic E-state index is 11.5. The molecule has 0 unspecified atom stereocenters. The van der Waals surface area contributed by atoms with Crippen molar-refractivity contribution in [3.05, 3.63) is 0 Å². The van der Waals surface area contributed by atoms with Gasteiger partial charge >= 0.3 is 0 Å². The van der Waals surface area contributed by atoms with Gasteiger partial charge in [0.15, 0.2) is 0 Å². The van der Waals surface area contributed by atoms with Crippen molar-refractivity contribution in [2.75, 3.05) is 58.7 Å². The van der Waals surface area contributed by atoms with Crippen LogP contribution in [0.3, 0.4) is 0 Å². The predicted molar refractivity (Wildman–Crippen MR) is 63.0 cm³/mol. The number of nitrogens with one attached hydrogen (secondary N) is 2. The highest BCUT2D eigenvalue weighted by atomic mass is 32.2. The molecule has 1 saturated heterocycles. The third-order valence-corrected chi connectivity index (χ3v) is 3.88. The average molecular weight is 251 g/mol. The molecule has 1 rings (SSSR count). The third kappa shape index (κ3) is 5.76. The lowest BCUT2D eigenvalue weighted by Crippen LogP contribution is -2.46. The van der Waals surface area contributed by atoms with E-state index in [0.29, 0.717) is 19.7 Å². The molecule has 0 radical (unpaired) electrons. The van der Waals surface area contributed by atoms with E-state index in [1.165, 1.54) is 0 Å². The van der Waals surface area contributed by atoms with E-state index in [4.69, 9.17) is 4.74 Å². The number of sulfonamides is 1. The van der Waals surface area contributed by atoms with Gasteiger partial charge in [0.25, 0.3) is 0 Å². The second-order valence-corrected chi connectivity index (χ2v) is 5.72. The quantitative estimate of drug-likeness (QED) is 0.537. The fourth-order valence-corrected chi connectivity index (χ4v) is 2.59. The summed E-state index contributed by atoms with van der Waals surface area (Å²) in [4.78, 5) is 2.16. The Morgan fingerprint density at radius 3 is 2.69 bits per heavy atom. The molecular formula is C9H21N3O3S. The summed E-state index contributed by atoms with van der Waals surface area (Å²) in [5.41, 5.74) is 0. The van der Waals surface area contributed by atoms with Crippen molar-refractivity contribution < 1.29 is 13.2 Å². The third-order valence-electron chi connectivity index (χ3n) is 2.51. The van der Waals surface area contributed by atoms with Crippen LogP contribution in [0.2, 0.25) is 0 Å². The molecule has 0 aromatic carbocycles. The largest absolute Gasteiger partial charge is 0.383 e. The lowest BCUT2D eigenvalue weighted by Gasteiger charge is -2.26. The van der Waals surface area contributed by atoms with Crippen LogP contribution in [0.5, 0.6) is 0 Å². The van der Waals surface area contributed by atoms with Crippen LogP contribution in [-0.2, 0) is 14.8 Å². The summed E-state index contributed by atoms with van der Waals surface area (Å²) < 4.78 is 30.4. The van der Waals surface area contributed by atoms with E-state index in [9.17, 15) is 8.42 Å². The van der Waals surface area contributed by atoms with Crippen LogP contribution in [0.25, 0.3) is 0 Å². The van der Waals surface area contributed by atoms with Crippen LogP contribution in [0, 0.1) is 0 Å². The smallest absolute Gasteiger partial charge is 0.212 e. The van der Waals surface area contributed by atoms with Crippen molar-refractivity contribution >= 4 is 10.0 Å².